The van der Waals surface area contributed by atoms with Crippen LogP contribution in [-0.2, 0) is 20.0 Å². The van der Waals surface area contributed by atoms with Crippen LogP contribution in [-0.4, -0.2) is 33.8 Å². The van der Waals surface area contributed by atoms with Gasteiger partial charge in [0.1, 0.15) is 0 Å². The molecule has 1 aromatic heterocycles. The van der Waals surface area contributed by atoms with Crippen molar-refractivity contribution in [2.45, 2.75) is 45.7 Å². The first-order valence-electron chi connectivity index (χ1n) is 7.09. The lowest BCUT2D eigenvalue weighted by Gasteiger charge is -2.37. The molecule has 0 radical (unpaired) electrons. The molecule has 0 amide bonds. The third-order valence-electron chi connectivity index (χ3n) is 4.07. The van der Waals surface area contributed by atoms with Gasteiger partial charge >= 0.3 is 0 Å². The van der Waals surface area contributed by atoms with E-state index in [-0.39, 0.29) is 0 Å². The predicted octanol–water partition coefficient (Wildman–Crippen LogP) is 1.54. The first-order chi connectivity index (χ1) is 8.63. The Morgan fingerprint density at radius 3 is 2.94 bits per heavy atom. The van der Waals surface area contributed by atoms with Gasteiger partial charge in [-0.15, -0.1) is 0 Å². The van der Waals surface area contributed by atoms with Crippen molar-refractivity contribution in [3.8, 4) is 0 Å². The lowest BCUT2D eigenvalue weighted by Crippen LogP contribution is -2.45. The number of nitrogens with two attached hydrogens (primary N) is 1. The van der Waals surface area contributed by atoms with E-state index in [1.807, 2.05) is 11.7 Å². The van der Waals surface area contributed by atoms with E-state index in [1.54, 1.807) is 0 Å². The average molecular weight is 250 g/mol. The van der Waals surface area contributed by atoms with Crippen LogP contribution in [0.3, 0.4) is 0 Å². The van der Waals surface area contributed by atoms with Crippen molar-refractivity contribution < 1.29 is 0 Å². The SMILES string of the molecule is CCc1nn(C)cc1CN1CCC(C)CC1CN. The maximum Gasteiger partial charge on any atom is 0.0666 e. The first kappa shape index (κ1) is 13.6. The van der Waals surface area contributed by atoms with Crippen molar-refractivity contribution in [3.63, 3.8) is 0 Å². The molecule has 1 aromatic rings. The van der Waals surface area contributed by atoms with Crippen LogP contribution in [0.15, 0.2) is 6.20 Å². The fourth-order valence-electron chi connectivity index (χ4n) is 2.99. The van der Waals surface area contributed by atoms with Gasteiger partial charge in [-0.25, -0.2) is 0 Å². The predicted molar refractivity (Wildman–Crippen MR) is 74.2 cm³/mol. The molecule has 0 spiro atoms. The normalized spacial score (nSPS) is 25.6. The molecule has 2 atom stereocenters. The van der Waals surface area contributed by atoms with E-state index in [9.17, 15) is 0 Å². The van der Waals surface area contributed by atoms with Gasteiger partial charge in [0.25, 0.3) is 0 Å². The van der Waals surface area contributed by atoms with E-state index in [2.05, 4.69) is 30.0 Å². The van der Waals surface area contributed by atoms with Gasteiger partial charge in [0, 0.05) is 37.9 Å². The molecule has 1 fully saturated rings. The van der Waals surface area contributed by atoms with Gasteiger partial charge in [0.2, 0.25) is 0 Å². The molecule has 0 saturated carbocycles. The van der Waals surface area contributed by atoms with Crippen molar-refractivity contribution in [1.29, 1.82) is 0 Å². The lowest BCUT2D eigenvalue weighted by molar-refractivity contribution is 0.115. The monoisotopic (exact) mass is 250 g/mol. The Labute approximate surface area is 110 Å². The topological polar surface area (TPSA) is 47.1 Å². The van der Waals surface area contributed by atoms with Crippen LogP contribution in [0.2, 0.25) is 0 Å². The van der Waals surface area contributed by atoms with Crippen LogP contribution in [0.5, 0.6) is 0 Å². The van der Waals surface area contributed by atoms with Crippen LogP contribution in [0.25, 0.3) is 0 Å². The minimum atomic E-state index is 0.540. The van der Waals surface area contributed by atoms with Crippen molar-refractivity contribution in [1.82, 2.24) is 14.7 Å². The highest BCUT2D eigenvalue weighted by Gasteiger charge is 2.26. The molecular weight excluding hydrogens is 224 g/mol. The molecule has 1 aliphatic heterocycles. The highest BCUT2D eigenvalue weighted by Crippen LogP contribution is 2.24. The molecule has 0 aromatic carbocycles. The van der Waals surface area contributed by atoms with Gasteiger partial charge < -0.3 is 5.73 Å². The van der Waals surface area contributed by atoms with Crippen LogP contribution in [0, 0.1) is 5.92 Å². The first-order valence-corrected chi connectivity index (χ1v) is 7.09. The summed E-state index contributed by atoms with van der Waals surface area (Å²) in [5.74, 6) is 0.814. The number of likely N-dealkylation sites (tertiary alicyclic amines) is 1. The summed E-state index contributed by atoms with van der Waals surface area (Å²) in [6.07, 6.45) is 5.69. The smallest absolute Gasteiger partial charge is 0.0666 e. The Morgan fingerprint density at radius 2 is 2.28 bits per heavy atom. The third kappa shape index (κ3) is 2.93. The number of aromatic nitrogens is 2. The summed E-state index contributed by atoms with van der Waals surface area (Å²) in [5, 5.41) is 4.52. The van der Waals surface area contributed by atoms with E-state index in [0.29, 0.717) is 6.04 Å². The standard InChI is InChI=1S/C14H26N4/c1-4-14-12(9-17(3)16-14)10-18-6-5-11(2)7-13(18)8-15/h9,11,13H,4-8,10,15H2,1-3H3. The Morgan fingerprint density at radius 1 is 1.50 bits per heavy atom. The molecule has 0 aliphatic carbocycles. The molecule has 0 bridgehead atoms. The molecule has 1 aliphatic rings. The summed E-state index contributed by atoms with van der Waals surface area (Å²) in [6, 6.07) is 0.540. The highest BCUT2D eigenvalue weighted by atomic mass is 15.3. The maximum absolute atomic E-state index is 5.92. The average Bonchev–Trinajstić information content (AvgIpc) is 2.71. The number of piperidine rings is 1. The maximum atomic E-state index is 5.92. The van der Waals surface area contributed by atoms with Crippen LogP contribution in [0.1, 0.15) is 37.9 Å². The van der Waals surface area contributed by atoms with Crippen molar-refractivity contribution >= 4 is 0 Å². The zero-order chi connectivity index (χ0) is 13.1. The van der Waals surface area contributed by atoms with Crippen LogP contribution < -0.4 is 5.73 Å². The molecule has 2 N–H and O–H groups in total. The largest absolute Gasteiger partial charge is 0.329 e. The number of rotatable bonds is 4. The molecule has 4 heteroatoms. The van der Waals surface area contributed by atoms with Gasteiger partial charge in [0.05, 0.1) is 5.69 Å². The minimum Gasteiger partial charge on any atom is -0.329 e. The second kappa shape index (κ2) is 5.85. The van der Waals surface area contributed by atoms with E-state index in [4.69, 9.17) is 5.73 Å². The fraction of sp³-hybridized carbons (Fsp3) is 0.786. The zero-order valence-corrected chi connectivity index (χ0v) is 11.9. The highest BCUT2D eigenvalue weighted by molar-refractivity contribution is 5.17. The molecular formula is C14H26N4. The number of hydrogen-bond acceptors (Lipinski definition) is 3. The Bertz CT molecular complexity index is 385. The molecule has 2 heterocycles. The van der Waals surface area contributed by atoms with E-state index in [0.717, 1.165) is 25.4 Å². The molecule has 2 unspecified atom stereocenters. The summed E-state index contributed by atoms with van der Waals surface area (Å²) >= 11 is 0. The van der Waals surface area contributed by atoms with Gasteiger partial charge in [-0.1, -0.05) is 13.8 Å². The summed E-state index contributed by atoms with van der Waals surface area (Å²) in [4.78, 5) is 2.54. The summed E-state index contributed by atoms with van der Waals surface area (Å²) in [6.45, 7) is 7.45. The second-order valence-corrected chi connectivity index (χ2v) is 5.62. The Kier molecular flexibility index (Phi) is 4.40. The molecule has 4 nitrogen and oxygen atoms in total. The number of nitrogens with zero attached hydrogens (tertiary/aromatic N) is 3. The minimum absolute atomic E-state index is 0.540. The van der Waals surface area contributed by atoms with Gasteiger partial charge in [-0.3, -0.25) is 9.58 Å². The lowest BCUT2D eigenvalue weighted by atomic mass is 9.92. The second-order valence-electron chi connectivity index (χ2n) is 5.62. The van der Waals surface area contributed by atoms with Gasteiger partial charge in [-0.05, 0) is 31.7 Å². The fourth-order valence-corrected chi connectivity index (χ4v) is 2.99. The van der Waals surface area contributed by atoms with Crippen molar-refractivity contribution in [2.24, 2.45) is 18.7 Å². The Balaban J connectivity index is 2.07. The molecule has 2 rings (SSSR count). The van der Waals surface area contributed by atoms with Gasteiger partial charge in [-0.2, -0.15) is 5.10 Å². The summed E-state index contributed by atoms with van der Waals surface area (Å²) in [5.41, 5.74) is 8.52. The van der Waals surface area contributed by atoms with E-state index < -0.39 is 0 Å². The summed E-state index contributed by atoms with van der Waals surface area (Å²) < 4.78 is 1.93. The molecule has 1 saturated heterocycles. The Hall–Kier alpha value is -0.870. The van der Waals surface area contributed by atoms with Crippen molar-refractivity contribution in [2.75, 3.05) is 13.1 Å². The number of aryl methyl sites for hydroxylation is 2. The van der Waals surface area contributed by atoms with Crippen LogP contribution in [0.4, 0.5) is 0 Å². The van der Waals surface area contributed by atoms with Crippen LogP contribution >= 0.6 is 0 Å². The third-order valence-corrected chi connectivity index (χ3v) is 4.07. The van der Waals surface area contributed by atoms with E-state index in [1.165, 1.54) is 30.6 Å². The quantitative estimate of drug-likeness (QED) is 0.882. The zero-order valence-electron chi connectivity index (χ0n) is 11.9. The summed E-state index contributed by atoms with van der Waals surface area (Å²) in [7, 11) is 2.00. The van der Waals surface area contributed by atoms with E-state index >= 15 is 0 Å². The van der Waals surface area contributed by atoms with Gasteiger partial charge in [0.15, 0.2) is 0 Å². The molecule has 18 heavy (non-hydrogen) atoms. The number of hydrogen-bond donors (Lipinski definition) is 1. The van der Waals surface area contributed by atoms with Crippen molar-refractivity contribution in [3.05, 3.63) is 17.5 Å². The molecule has 102 valence electrons.